The van der Waals surface area contributed by atoms with Crippen LogP contribution in [0.2, 0.25) is 0 Å². The van der Waals surface area contributed by atoms with Crippen molar-refractivity contribution in [2.45, 2.75) is 39.7 Å². The lowest BCUT2D eigenvalue weighted by Crippen LogP contribution is -2.32. The minimum absolute atomic E-state index is 0. The number of hydrogen-bond donors (Lipinski definition) is 2. The summed E-state index contributed by atoms with van der Waals surface area (Å²) in [6.07, 6.45) is 2.92. The zero-order valence-corrected chi connectivity index (χ0v) is 16.8. The molecular weight excluding hydrogens is 352 g/mol. The zero-order valence-electron chi connectivity index (χ0n) is 16.0. The zero-order chi connectivity index (χ0) is 17.9. The summed E-state index contributed by atoms with van der Waals surface area (Å²) in [5, 5.41) is 6.40. The Morgan fingerprint density at radius 1 is 1.27 bits per heavy atom. The van der Waals surface area contributed by atoms with Gasteiger partial charge >= 0.3 is 0 Å². The quantitative estimate of drug-likeness (QED) is 0.605. The molecule has 0 aromatic heterocycles. The van der Waals surface area contributed by atoms with E-state index in [9.17, 15) is 4.79 Å². The van der Waals surface area contributed by atoms with Crippen molar-refractivity contribution in [3.05, 3.63) is 29.8 Å². The van der Waals surface area contributed by atoms with Gasteiger partial charge in [-0.2, -0.15) is 0 Å². The van der Waals surface area contributed by atoms with Gasteiger partial charge in [-0.3, -0.25) is 4.79 Å². The number of carbonyl (C=O) groups is 1. The van der Waals surface area contributed by atoms with E-state index in [4.69, 9.17) is 9.47 Å². The molecule has 5 nitrogen and oxygen atoms in total. The van der Waals surface area contributed by atoms with Gasteiger partial charge < -0.3 is 20.1 Å². The Morgan fingerprint density at radius 2 is 2.00 bits per heavy atom. The van der Waals surface area contributed by atoms with Crippen LogP contribution < -0.4 is 10.6 Å². The number of amides is 1. The van der Waals surface area contributed by atoms with Gasteiger partial charge in [-0.15, -0.1) is 12.4 Å². The highest BCUT2D eigenvalue weighted by atomic mass is 35.5. The van der Waals surface area contributed by atoms with Crippen molar-refractivity contribution in [2.24, 2.45) is 11.8 Å². The molecule has 26 heavy (non-hydrogen) atoms. The highest BCUT2D eigenvalue weighted by molar-refractivity contribution is 5.90. The third-order valence-electron chi connectivity index (χ3n) is 4.75. The number of piperidine rings is 1. The van der Waals surface area contributed by atoms with Crippen molar-refractivity contribution in [1.82, 2.24) is 5.32 Å². The first-order valence-corrected chi connectivity index (χ1v) is 9.44. The van der Waals surface area contributed by atoms with Gasteiger partial charge in [0.05, 0.1) is 19.8 Å². The maximum atomic E-state index is 12.3. The number of anilines is 1. The summed E-state index contributed by atoms with van der Waals surface area (Å²) in [5.41, 5.74) is 1.90. The van der Waals surface area contributed by atoms with Gasteiger partial charge in [0.15, 0.2) is 0 Å². The topological polar surface area (TPSA) is 59.6 Å². The molecule has 1 atom stereocenters. The highest BCUT2D eigenvalue weighted by Crippen LogP contribution is 2.24. The Hall–Kier alpha value is -1.14. The first kappa shape index (κ1) is 22.9. The van der Waals surface area contributed by atoms with Crippen LogP contribution in [0.15, 0.2) is 24.3 Å². The Morgan fingerprint density at radius 3 is 2.73 bits per heavy atom. The molecular formula is C20H33ClN2O3. The van der Waals surface area contributed by atoms with Gasteiger partial charge in [0.1, 0.15) is 0 Å². The van der Waals surface area contributed by atoms with Crippen molar-refractivity contribution >= 4 is 24.0 Å². The molecule has 1 aromatic carbocycles. The summed E-state index contributed by atoms with van der Waals surface area (Å²) < 4.78 is 10.8. The monoisotopic (exact) mass is 384 g/mol. The maximum absolute atomic E-state index is 12.3. The van der Waals surface area contributed by atoms with Crippen LogP contribution in [-0.4, -0.2) is 38.8 Å². The third-order valence-corrected chi connectivity index (χ3v) is 4.75. The molecule has 6 heteroatoms. The first-order chi connectivity index (χ1) is 12.2. The van der Waals surface area contributed by atoms with Crippen molar-refractivity contribution in [3.8, 4) is 0 Å². The third kappa shape index (κ3) is 8.49. The maximum Gasteiger partial charge on any atom is 0.224 e. The highest BCUT2D eigenvalue weighted by Gasteiger charge is 2.22. The Kier molecular flexibility index (Phi) is 11.5. The van der Waals surface area contributed by atoms with Gasteiger partial charge in [-0.25, -0.2) is 0 Å². The van der Waals surface area contributed by atoms with E-state index in [1.54, 1.807) is 0 Å². The van der Waals surface area contributed by atoms with Gasteiger partial charge in [-0.1, -0.05) is 19.1 Å². The lowest BCUT2D eigenvalue weighted by Gasteiger charge is -2.27. The van der Waals surface area contributed by atoms with E-state index < -0.39 is 0 Å². The molecule has 1 fully saturated rings. The van der Waals surface area contributed by atoms with Crippen LogP contribution in [-0.2, 0) is 20.9 Å². The summed E-state index contributed by atoms with van der Waals surface area (Å²) in [4.78, 5) is 12.3. The van der Waals surface area contributed by atoms with E-state index in [0.29, 0.717) is 44.7 Å². The molecule has 1 aromatic rings. The summed E-state index contributed by atoms with van der Waals surface area (Å²) in [7, 11) is 0. The van der Waals surface area contributed by atoms with Crippen LogP contribution in [0.5, 0.6) is 0 Å². The molecule has 0 spiro atoms. The number of hydrogen-bond acceptors (Lipinski definition) is 4. The average Bonchev–Trinajstić information content (AvgIpc) is 2.62. The predicted octanol–water partition coefficient (Wildman–Crippen LogP) is 3.63. The minimum atomic E-state index is 0. The molecule has 1 amide bonds. The number of nitrogens with one attached hydrogen (secondary N) is 2. The Bertz CT molecular complexity index is 522. The predicted molar refractivity (Wildman–Crippen MR) is 108 cm³/mol. The van der Waals surface area contributed by atoms with Gasteiger partial charge in [-0.05, 0) is 62.4 Å². The second kappa shape index (κ2) is 13.1. The molecule has 1 aliphatic rings. The SMILES string of the molecule is CCOCCOCc1cccc(NC(=O)CC(C)C2CCNCC2)c1.Cl. The molecule has 1 unspecified atom stereocenters. The fourth-order valence-corrected chi connectivity index (χ4v) is 3.28. The van der Waals surface area contributed by atoms with Crippen LogP contribution in [0, 0.1) is 11.8 Å². The van der Waals surface area contributed by atoms with Crippen molar-refractivity contribution in [1.29, 1.82) is 0 Å². The first-order valence-electron chi connectivity index (χ1n) is 9.44. The van der Waals surface area contributed by atoms with E-state index in [2.05, 4.69) is 17.6 Å². The van der Waals surface area contributed by atoms with Gasteiger partial charge in [0.2, 0.25) is 5.91 Å². The molecule has 1 heterocycles. The number of carbonyl (C=O) groups excluding carboxylic acids is 1. The Labute approximate surface area is 163 Å². The molecule has 2 N–H and O–H groups in total. The molecule has 148 valence electrons. The normalized spacial score (nSPS) is 15.9. The number of halogens is 1. The summed E-state index contributed by atoms with van der Waals surface area (Å²) >= 11 is 0. The number of rotatable bonds is 10. The fourth-order valence-electron chi connectivity index (χ4n) is 3.28. The van der Waals surface area contributed by atoms with Crippen molar-refractivity contribution in [2.75, 3.05) is 38.2 Å². The molecule has 0 bridgehead atoms. The summed E-state index contributed by atoms with van der Waals surface area (Å²) in [5.74, 6) is 1.17. The van der Waals surface area contributed by atoms with E-state index in [1.165, 1.54) is 12.8 Å². The van der Waals surface area contributed by atoms with Crippen LogP contribution in [0.4, 0.5) is 5.69 Å². The molecule has 2 rings (SSSR count). The minimum Gasteiger partial charge on any atom is -0.379 e. The largest absolute Gasteiger partial charge is 0.379 e. The van der Waals surface area contributed by atoms with Gasteiger partial charge in [0, 0.05) is 18.7 Å². The fraction of sp³-hybridized carbons (Fsp3) is 0.650. The van der Waals surface area contributed by atoms with Gasteiger partial charge in [0.25, 0.3) is 0 Å². The van der Waals surface area contributed by atoms with E-state index in [0.717, 1.165) is 24.3 Å². The number of benzene rings is 1. The van der Waals surface area contributed by atoms with Crippen LogP contribution in [0.1, 0.15) is 38.7 Å². The lowest BCUT2D eigenvalue weighted by molar-refractivity contribution is -0.117. The van der Waals surface area contributed by atoms with Crippen LogP contribution in [0.3, 0.4) is 0 Å². The van der Waals surface area contributed by atoms with Crippen LogP contribution >= 0.6 is 12.4 Å². The smallest absolute Gasteiger partial charge is 0.224 e. The standard InChI is InChI=1S/C20H32N2O3.ClH/c1-3-24-11-12-25-15-17-5-4-6-19(14-17)22-20(23)13-16(2)18-7-9-21-10-8-18;/h4-6,14,16,18,21H,3,7-13,15H2,1-2H3,(H,22,23);1H. The molecule has 1 aliphatic heterocycles. The molecule has 1 saturated heterocycles. The molecule has 0 saturated carbocycles. The lowest BCUT2D eigenvalue weighted by atomic mass is 9.84. The van der Waals surface area contributed by atoms with Crippen molar-refractivity contribution < 1.29 is 14.3 Å². The number of ether oxygens (including phenoxy) is 2. The van der Waals surface area contributed by atoms with E-state index in [1.807, 2.05) is 31.2 Å². The second-order valence-electron chi connectivity index (χ2n) is 6.77. The average molecular weight is 385 g/mol. The molecule has 0 radical (unpaired) electrons. The molecule has 0 aliphatic carbocycles. The van der Waals surface area contributed by atoms with Crippen molar-refractivity contribution in [3.63, 3.8) is 0 Å². The summed E-state index contributed by atoms with van der Waals surface area (Å²) in [6, 6.07) is 7.87. The van der Waals surface area contributed by atoms with E-state index in [-0.39, 0.29) is 18.3 Å². The van der Waals surface area contributed by atoms with Crippen LogP contribution in [0.25, 0.3) is 0 Å². The Balaban J connectivity index is 0.00000338. The summed E-state index contributed by atoms with van der Waals surface area (Å²) in [6.45, 7) is 8.74. The van der Waals surface area contributed by atoms with E-state index >= 15 is 0 Å². The second-order valence-corrected chi connectivity index (χ2v) is 6.77.